The second-order valence-electron chi connectivity index (χ2n) is 8.63. The van der Waals surface area contributed by atoms with Crippen molar-refractivity contribution in [3.05, 3.63) is 0 Å². The molecule has 0 aromatic heterocycles. The van der Waals surface area contributed by atoms with E-state index in [1.54, 1.807) is 9.80 Å². The first-order valence-electron chi connectivity index (χ1n) is 9.08. The van der Waals surface area contributed by atoms with Crippen LogP contribution in [0.2, 0.25) is 0 Å². The van der Waals surface area contributed by atoms with Crippen molar-refractivity contribution in [1.29, 1.82) is 0 Å². The zero-order valence-electron chi connectivity index (χ0n) is 15.8. The lowest BCUT2D eigenvalue weighted by Crippen LogP contribution is -2.51. The molecule has 0 bridgehead atoms. The van der Waals surface area contributed by atoms with Gasteiger partial charge in [-0.15, -0.1) is 0 Å². The Morgan fingerprint density at radius 2 is 1.58 bits per heavy atom. The van der Waals surface area contributed by atoms with Gasteiger partial charge in [-0.2, -0.15) is 0 Å². The lowest BCUT2D eigenvalue weighted by Gasteiger charge is -2.45. The highest BCUT2D eigenvalue weighted by molar-refractivity contribution is 5.84. The number of rotatable bonds is 1. The van der Waals surface area contributed by atoms with E-state index in [1.807, 2.05) is 33.1 Å². The second-order valence-corrected chi connectivity index (χ2v) is 8.63. The minimum absolute atomic E-state index is 0.113. The van der Waals surface area contributed by atoms with Gasteiger partial charge in [0.1, 0.15) is 0 Å². The van der Waals surface area contributed by atoms with Gasteiger partial charge in [-0.3, -0.25) is 4.79 Å². The van der Waals surface area contributed by atoms with Gasteiger partial charge >= 0.3 is 6.03 Å². The number of carbonyl (C=O) groups is 2. The molecule has 0 N–H and O–H groups in total. The number of likely N-dealkylation sites (tertiary alicyclic amines) is 2. The summed E-state index contributed by atoms with van der Waals surface area (Å²) in [6, 6.07) is 0.113. The Kier molecular flexibility index (Phi) is 4.31. The summed E-state index contributed by atoms with van der Waals surface area (Å²) in [7, 11) is 9.54. The summed E-state index contributed by atoms with van der Waals surface area (Å²) in [5.41, 5.74) is 0.0332. The van der Waals surface area contributed by atoms with E-state index >= 15 is 0 Å². The Morgan fingerprint density at radius 1 is 0.958 bits per heavy atom. The van der Waals surface area contributed by atoms with Crippen molar-refractivity contribution in [2.75, 3.05) is 61.4 Å². The van der Waals surface area contributed by atoms with Crippen LogP contribution in [0, 0.1) is 16.7 Å². The standard InChI is InChI=1S/C18H32N4O2/c1-19(2)15(23)18-7-6-17(14(18)12-21(5)13-18)8-10-22(11-9-17)16(24)20(3)4/h14H,6-13H2,1-5H3/t14-,18+/m0/s1. The molecule has 0 unspecified atom stereocenters. The van der Waals surface area contributed by atoms with Crippen molar-refractivity contribution in [3.8, 4) is 0 Å². The molecule has 3 amide bonds. The van der Waals surface area contributed by atoms with Crippen LogP contribution in [0.5, 0.6) is 0 Å². The number of piperidine rings is 1. The van der Waals surface area contributed by atoms with E-state index in [2.05, 4.69) is 11.9 Å². The maximum atomic E-state index is 13.0. The predicted octanol–water partition coefficient (Wildman–Crippen LogP) is 1.18. The van der Waals surface area contributed by atoms with Crippen LogP contribution in [0.15, 0.2) is 0 Å². The van der Waals surface area contributed by atoms with Gasteiger partial charge in [0.25, 0.3) is 0 Å². The van der Waals surface area contributed by atoms with E-state index in [0.29, 0.717) is 11.8 Å². The number of fused-ring (bicyclic) bond motifs is 2. The molecule has 6 nitrogen and oxygen atoms in total. The highest BCUT2D eigenvalue weighted by atomic mass is 16.2. The number of urea groups is 1. The third kappa shape index (κ3) is 2.50. The molecule has 0 aromatic carbocycles. The van der Waals surface area contributed by atoms with Crippen LogP contribution in [0.3, 0.4) is 0 Å². The van der Waals surface area contributed by atoms with Gasteiger partial charge in [0.2, 0.25) is 5.91 Å². The molecule has 2 aliphatic heterocycles. The Morgan fingerprint density at radius 3 is 2.12 bits per heavy atom. The monoisotopic (exact) mass is 336 g/mol. The van der Waals surface area contributed by atoms with Crippen molar-refractivity contribution < 1.29 is 9.59 Å². The molecular formula is C18H32N4O2. The molecule has 3 aliphatic rings. The Labute approximate surface area is 145 Å². The minimum atomic E-state index is -0.202. The average Bonchev–Trinajstić information content (AvgIpc) is 3.02. The lowest BCUT2D eigenvalue weighted by atomic mass is 9.65. The van der Waals surface area contributed by atoms with E-state index in [4.69, 9.17) is 0 Å². The highest BCUT2D eigenvalue weighted by Crippen LogP contribution is 2.62. The molecule has 24 heavy (non-hydrogen) atoms. The molecule has 6 heteroatoms. The van der Waals surface area contributed by atoms with Gasteiger partial charge in [0.05, 0.1) is 5.41 Å². The maximum absolute atomic E-state index is 13.0. The van der Waals surface area contributed by atoms with Gasteiger partial charge < -0.3 is 19.6 Å². The Hall–Kier alpha value is -1.30. The molecule has 136 valence electrons. The van der Waals surface area contributed by atoms with Crippen LogP contribution >= 0.6 is 0 Å². The molecule has 3 rings (SSSR count). The second kappa shape index (κ2) is 5.90. The fourth-order valence-electron chi connectivity index (χ4n) is 5.62. The van der Waals surface area contributed by atoms with Crippen LogP contribution in [-0.4, -0.2) is 93.0 Å². The molecule has 1 spiro atoms. The first-order chi connectivity index (χ1) is 11.2. The molecule has 0 radical (unpaired) electrons. The fraction of sp³-hybridized carbons (Fsp3) is 0.889. The van der Waals surface area contributed by atoms with E-state index < -0.39 is 0 Å². The van der Waals surface area contributed by atoms with Crippen molar-refractivity contribution in [3.63, 3.8) is 0 Å². The Bertz CT molecular complexity index is 525. The molecule has 1 aliphatic carbocycles. The molecule has 2 atom stereocenters. The average molecular weight is 336 g/mol. The van der Waals surface area contributed by atoms with Crippen molar-refractivity contribution in [2.24, 2.45) is 16.7 Å². The van der Waals surface area contributed by atoms with Crippen LogP contribution in [0.25, 0.3) is 0 Å². The summed E-state index contributed by atoms with van der Waals surface area (Å²) in [5, 5.41) is 0. The summed E-state index contributed by atoms with van der Waals surface area (Å²) in [4.78, 5) is 33.0. The molecule has 2 heterocycles. The molecule has 3 fully saturated rings. The number of nitrogens with zero attached hydrogens (tertiary/aromatic N) is 4. The van der Waals surface area contributed by atoms with E-state index in [9.17, 15) is 9.59 Å². The normalized spacial score (nSPS) is 32.0. The summed E-state index contributed by atoms with van der Waals surface area (Å²) >= 11 is 0. The van der Waals surface area contributed by atoms with Crippen molar-refractivity contribution in [2.45, 2.75) is 25.7 Å². The van der Waals surface area contributed by atoms with Gasteiger partial charge in [-0.05, 0) is 44.1 Å². The van der Waals surface area contributed by atoms with Gasteiger partial charge in [0.15, 0.2) is 0 Å². The summed E-state index contributed by atoms with van der Waals surface area (Å²) in [6.07, 6.45) is 4.21. The van der Waals surface area contributed by atoms with Crippen LogP contribution in [0.4, 0.5) is 4.79 Å². The van der Waals surface area contributed by atoms with Crippen molar-refractivity contribution >= 4 is 11.9 Å². The predicted molar refractivity (Wildman–Crippen MR) is 93.7 cm³/mol. The van der Waals surface area contributed by atoms with Gasteiger partial charge in [-0.25, -0.2) is 4.79 Å². The number of amides is 3. The van der Waals surface area contributed by atoms with E-state index in [0.717, 1.165) is 51.9 Å². The topological polar surface area (TPSA) is 47.1 Å². The third-order valence-electron chi connectivity index (χ3n) is 6.77. The molecule has 2 saturated heterocycles. The molecule has 1 saturated carbocycles. The van der Waals surface area contributed by atoms with Crippen LogP contribution in [-0.2, 0) is 4.79 Å². The number of hydrogen-bond donors (Lipinski definition) is 0. The van der Waals surface area contributed by atoms with Crippen LogP contribution in [0.1, 0.15) is 25.7 Å². The highest BCUT2D eigenvalue weighted by Gasteiger charge is 2.64. The van der Waals surface area contributed by atoms with Crippen molar-refractivity contribution in [1.82, 2.24) is 19.6 Å². The molecular weight excluding hydrogens is 304 g/mol. The minimum Gasteiger partial charge on any atom is -0.348 e. The van der Waals surface area contributed by atoms with Crippen LogP contribution < -0.4 is 0 Å². The largest absolute Gasteiger partial charge is 0.348 e. The first kappa shape index (κ1) is 17.5. The van der Waals surface area contributed by atoms with E-state index in [-0.39, 0.29) is 16.9 Å². The summed E-state index contributed by atoms with van der Waals surface area (Å²) < 4.78 is 0. The SMILES string of the molecule is CN1C[C@H]2C3(CCN(C(=O)N(C)C)CC3)CC[C@@]2(C(=O)N(C)C)C1. The number of carbonyl (C=O) groups excluding carboxylic acids is 2. The summed E-state index contributed by atoms with van der Waals surface area (Å²) in [5.74, 6) is 0.738. The first-order valence-corrected chi connectivity index (χ1v) is 9.08. The quantitative estimate of drug-likeness (QED) is 0.722. The zero-order chi connectivity index (χ0) is 17.7. The Balaban J connectivity index is 1.79. The fourth-order valence-corrected chi connectivity index (χ4v) is 5.62. The van der Waals surface area contributed by atoms with Gasteiger partial charge in [-0.1, -0.05) is 0 Å². The smallest absolute Gasteiger partial charge is 0.319 e. The summed E-state index contributed by atoms with van der Waals surface area (Å²) in [6.45, 7) is 3.55. The maximum Gasteiger partial charge on any atom is 0.319 e. The zero-order valence-corrected chi connectivity index (χ0v) is 15.8. The van der Waals surface area contributed by atoms with E-state index in [1.165, 1.54) is 0 Å². The third-order valence-corrected chi connectivity index (χ3v) is 6.77. The number of hydrogen-bond acceptors (Lipinski definition) is 3. The molecule has 0 aromatic rings. The van der Waals surface area contributed by atoms with Gasteiger partial charge in [0, 0.05) is 54.4 Å². The lowest BCUT2D eigenvalue weighted by molar-refractivity contribution is -0.141.